The highest BCUT2D eigenvalue weighted by Gasteiger charge is 1.99. The number of rotatable bonds is 4. The monoisotopic (exact) mass is 250 g/mol. The first-order chi connectivity index (χ1) is 9.33. The minimum atomic E-state index is 0.961. The standard InChI is InChI=1S/C17H18N2/c1-19-12-10-15-13-16(7-8-17(15)19)18-11-9-14-5-3-2-4-6-14/h2-8,10,12-13,18H,9,11H2,1H3. The molecule has 0 atom stereocenters. The fourth-order valence-electron chi connectivity index (χ4n) is 2.39. The predicted molar refractivity (Wildman–Crippen MR) is 81.6 cm³/mol. The Balaban J connectivity index is 1.65. The Kier molecular flexibility index (Phi) is 3.23. The van der Waals surface area contributed by atoms with Crippen LogP contribution in [0.25, 0.3) is 10.9 Å². The maximum Gasteiger partial charge on any atom is 0.0479 e. The zero-order valence-electron chi connectivity index (χ0n) is 11.1. The normalized spacial score (nSPS) is 10.8. The lowest BCUT2D eigenvalue weighted by Gasteiger charge is -2.07. The van der Waals surface area contributed by atoms with Crippen LogP contribution in [0.2, 0.25) is 0 Å². The molecule has 2 aromatic carbocycles. The van der Waals surface area contributed by atoms with Crippen LogP contribution >= 0.6 is 0 Å². The molecule has 0 saturated heterocycles. The van der Waals surface area contributed by atoms with Crippen LogP contribution in [-0.4, -0.2) is 11.1 Å². The predicted octanol–water partition coefficient (Wildman–Crippen LogP) is 3.83. The summed E-state index contributed by atoms with van der Waals surface area (Å²) in [6.45, 7) is 0.961. The molecule has 0 unspecified atom stereocenters. The Bertz CT molecular complexity index is 668. The average Bonchev–Trinajstić information content (AvgIpc) is 2.81. The Morgan fingerprint density at radius 1 is 1.00 bits per heavy atom. The SMILES string of the molecule is Cn1ccc2cc(NCCc3ccccc3)ccc21. The van der Waals surface area contributed by atoms with Crippen LogP contribution in [0.15, 0.2) is 60.8 Å². The van der Waals surface area contributed by atoms with Gasteiger partial charge in [0.2, 0.25) is 0 Å². The molecule has 19 heavy (non-hydrogen) atoms. The molecule has 1 heterocycles. The number of hydrogen-bond acceptors (Lipinski definition) is 1. The van der Waals surface area contributed by atoms with Crippen molar-refractivity contribution in [1.82, 2.24) is 4.57 Å². The summed E-state index contributed by atoms with van der Waals surface area (Å²) in [6.07, 6.45) is 3.14. The van der Waals surface area contributed by atoms with Gasteiger partial charge in [-0.25, -0.2) is 0 Å². The summed E-state index contributed by atoms with van der Waals surface area (Å²) >= 11 is 0. The Labute approximate surface area is 113 Å². The number of hydrogen-bond donors (Lipinski definition) is 1. The first-order valence-corrected chi connectivity index (χ1v) is 6.66. The van der Waals surface area contributed by atoms with E-state index in [1.54, 1.807) is 0 Å². The molecule has 2 nitrogen and oxygen atoms in total. The molecule has 0 radical (unpaired) electrons. The van der Waals surface area contributed by atoms with E-state index in [0.717, 1.165) is 13.0 Å². The van der Waals surface area contributed by atoms with Gasteiger partial charge in [0.05, 0.1) is 0 Å². The lowest BCUT2D eigenvalue weighted by molar-refractivity contribution is 0.969. The summed E-state index contributed by atoms with van der Waals surface area (Å²) in [7, 11) is 2.07. The van der Waals surface area contributed by atoms with Crippen LogP contribution in [0.1, 0.15) is 5.56 Å². The third-order valence-electron chi connectivity index (χ3n) is 3.47. The molecule has 0 fully saturated rings. The van der Waals surface area contributed by atoms with E-state index in [0.29, 0.717) is 0 Å². The first kappa shape index (κ1) is 11.8. The number of benzene rings is 2. The van der Waals surface area contributed by atoms with Crippen molar-refractivity contribution < 1.29 is 0 Å². The van der Waals surface area contributed by atoms with E-state index >= 15 is 0 Å². The van der Waals surface area contributed by atoms with Crippen molar-refractivity contribution in [3.63, 3.8) is 0 Å². The van der Waals surface area contributed by atoms with Gasteiger partial charge in [-0.2, -0.15) is 0 Å². The van der Waals surface area contributed by atoms with E-state index in [1.807, 2.05) is 0 Å². The summed E-state index contributed by atoms with van der Waals surface area (Å²) in [6, 6.07) is 19.2. The molecule has 1 N–H and O–H groups in total. The zero-order valence-corrected chi connectivity index (χ0v) is 11.1. The van der Waals surface area contributed by atoms with Gasteiger partial charge in [0.25, 0.3) is 0 Å². The largest absolute Gasteiger partial charge is 0.385 e. The highest BCUT2D eigenvalue weighted by atomic mass is 14.9. The summed E-state index contributed by atoms with van der Waals surface area (Å²) in [4.78, 5) is 0. The topological polar surface area (TPSA) is 17.0 Å². The fourth-order valence-corrected chi connectivity index (χ4v) is 2.39. The van der Waals surface area contributed by atoms with Crippen molar-refractivity contribution in [1.29, 1.82) is 0 Å². The van der Waals surface area contributed by atoms with Crippen molar-refractivity contribution in [2.75, 3.05) is 11.9 Å². The van der Waals surface area contributed by atoms with Crippen LogP contribution in [-0.2, 0) is 13.5 Å². The number of aromatic nitrogens is 1. The molecule has 0 spiro atoms. The summed E-state index contributed by atoms with van der Waals surface area (Å²) < 4.78 is 2.14. The van der Waals surface area contributed by atoms with Gasteiger partial charge in [0, 0.05) is 36.4 Å². The second-order valence-corrected chi connectivity index (χ2v) is 4.86. The van der Waals surface area contributed by atoms with Gasteiger partial charge in [-0.3, -0.25) is 0 Å². The minimum absolute atomic E-state index is 0.961. The van der Waals surface area contributed by atoms with E-state index in [9.17, 15) is 0 Å². The van der Waals surface area contributed by atoms with Crippen LogP contribution in [0.4, 0.5) is 5.69 Å². The van der Waals surface area contributed by atoms with Crippen LogP contribution in [0, 0.1) is 0 Å². The number of nitrogens with one attached hydrogen (secondary N) is 1. The highest BCUT2D eigenvalue weighted by molar-refractivity contribution is 5.83. The van der Waals surface area contributed by atoms with Gasteiger partial charge in [0.15, 0.2) is 0 Å². The van der Waals surface area contributed by atoms with Gasteiger partial charge in [0.1, 0.15) is 0 Å². The van der Waals surface area contributed by atoms with Crippen molar-refractivity contribution in [3.8, 4) is 0 Å². The number of nitrogens with zero attached hydrogens (tertiary/aromatic N) is 1. The van der Waals surface area contributed by atoms with Crippen LogP contribution in [0.5, 0.6) is 0 Å². The molecule has 0 aliphatic rings. The van der Waals surface area contributed by atoms with Crippen molar-refractivity contribution in [2.45, 2.75) is 6.42 Å². The van der Waals surface area contributed by atoms with Crippen molar-refractivity contribution in [2.24, 2.45) is 7.05 Å². The highest BCUT2D eigenvalue weighted by Crippen LogP contribution is 2.19. The van der Waals surface area contributed by atoms with Crippen LogP contribution in [0.3, 0.4) is 0 Å². The maximum absolute atomic E-state index is 3.49. The van der Waals surface area contributed by atoms with Gasteiger partial charge >= 0.3 is 0 Å². The smallest absolute Gasteiger partial charge is 0.0479 e. The first-order valence-electron chi connectivity index (χ1n) is 6.66. The Morgan fingerprint density at radius 3 is 2.68 bits per heavy atom. The van der Waals surface area contributed by atoms with E-state index < -0.39 is 0 Å². The summed E-state index contributed by atoms with van der Waals surface area (Å²) in [5.41, 5.74) is 3.83. The number of anilines is 1. The molecule has 3 aromatic rings. The lowest BCUT2D eigenvalue weighted by Crippen LogP contribution is -2.04. The Morgan fingerprint density at radius 2 is 1.84 bits per heavy atom. The average molecular weight is 250 g/mol. The molecule has 0 aliphatic heterocycles. The molecule has 1 aromatic heterocycles. The van der Waals surface area contributed by atoms with Gasteiger partial charge < -0.3 is 9.88 Å². The molecule has 0 saturated carbocycles. The third-order valence-corrected chi connectivity index (χ3v) is 3.47. The minimum Gasteiger partial charge on any atom is -0.385 e. The molecule has 3 rings (SSSR count). The van der Waals surface area contributed by atoms with Crippen molar-refractivity contribution >= 4 is 16.6 Å². The maximum atomic E-state index is 3.49. The summed E-state index contributed by atoms with van der Waals surface area (Å²) in [5.74, 6) is 0. The fraction of sp³-hybridized carbons (Fsp3) is 0.176. The third kappa shape index (κ3) is 2.63. The van der Waals surface area contributed by atoms with Gasteiger partial charge in [-0.05, 0) is 36.2 Å². The number of fused-ring (bicyclic) bond motifs is 1. The van der Waals surface area contributed by atoms with E-state index in [2.05, 4.69) is 77.7 Å². The lowest BCUT2D eigenvalue weighted by atomic mass is 10.1. The van der Waals surface area contributed by atoms with Crippen LogP contribution < -0.4 is 5.32 Å². The molecule has 0 amide bonds. The molecule has 0 bridgehead atoms. The second-order valence-electron chi connectivity index (χ2n) is 4.86. The van der Waals surface area contributed by atoms with E-state index in [1.165, 1.54) is 22.2 Å². The Hall–Kier alpha value is -2.22. The zero-order chi connectivity index (χ0) is 13.1. The molecule has 96 valence electrons. The molecule has 0 aliphatic carbocycles. The van der Waals surface area contributed by atoms with Gasteiger partial charge in [-0.15, -0.1) is 0 Å². The van der Waals surface area contributed by atoms with E-state index in [4.69, 9.17) is 0 Å². The second kappa shape index (κ2) is 5.19. The van der Waals surface area contributed by atoms with E-state index in [-0.39, 0.29) is 0 Å². The van der Waals surface area contributed by atoms with Crippen molar-refractivity contribution in [3.05, 3.63) is 66.4 Å². The molecule has 2 heteroatoms. The summed E-state index contributed by atoms with van der Waals surface area (Å²) in [5, 5.41) is 4.77. The number of aryl methyl sites for hydroxylation is 1. The quantitative estimate of drug-likeness (QED) is 0.744. The molecular formula is C17H18N2. The van der Waals surface area contributed by atoms with Gasteiger partial charge in [-0.1, -0.05) is 30.3 Å². The molecular weight excluding hydrogens is 232 g/mol.